The molecule has 0 atom stereocenters. The first-order valence-electron chi connectivity index (χ1n) is 3.96. The predicted molar refractivity (Wildman–Crippen MR) is 52.8 cm³/mol. The first-order valence-corrected chi connectivity index (χ1v) is 3.96. The smallest absolute Gasteiger partial charge is 0.364 e. The minimum atomic E-state index is -1.59. The third-order valence-electron chi connectivity index (χ3n) is 1.48. The van der Waals surface area contributed by atoms with Crippen molar-refractivity contribution < 1.29 is 19.8 Å². The summed E-state index contributed by atoms with van der Waals surface area (Å²) in [6, 6.07) is 8.44. The number of carboxylic acids is 2. The summed E-state index contributed by atoms with van der Waals surface area (Å²) in [5.74, 6) is -3.18. The predicted octanol–water partition coefficient (Wildman–Crippen LogP) is 0.624. The Hall–Kier alpha value is -2.37. The molecule has 0 aromatic heterocycles. The third kappa shape index (κ3) is 3.11. The average Bonchev–Trinajstić information content (AvgIpc) is 2.18. The molecule has 0 heterocycles. The Kier molecular flexibility index (Phi) is 3.39. The van der Waals surface area contributed by atoms with Gasteiger partial charge in [0.15, 0.2) is 0 Å². The summed E-state index contributed by atoms with van der Waals surface area (Å²) < 4.78 is 0. The summed E-state index contributed by atoms with van der Waals surface area (Å²) in [4.78, 5) is 20.8. The summed E-state index contributed by atoms with van der Waals surface area (Å²) >= 11 is 0. The molecule has 6 heteroatoms. The molecule has 0 spiro atoms. The van der Waals surface area contributed by atoms with Crippen molar-refractivity contribution >= 4 is 23.3 Å². The first kappa shape index (κ1) is 10.7. The van der Waals surface area contributed by atoms with Crippen LogP contribution in [0.5, 0.6) is 0 Å². The van der Waals surface area contributed by atoms with E-state index in [-0.39, 0.29) is 0 Å². The van der Waals surface area contributed by atoms with E-state index in [2.05, 4.69) is 10.5 Å². The van der Waals surface area contributed by atoms with Gasteiger partial charge >= 0.3 is 11.9 Å². The van der Waals surface area contributed by atoms with E-state index in [1.807, 2.05) is 0 Å². The largest absolute Gasteiger partial charge is 0.476 e. The third-order valence-corrected chi connectivity index (χ3v) is 1.48. The zero-order valence-corrected chi connectivity index (χ0v) is 7.54. The van der Waals surface area contributed by atoms with E-state index >= 15 is 0 Å². The average molecular weight is 208 g/mol. The van der Waals surface area contributed by atoms with Gasteiger partial charge < -0.3 is 10.2 Å². The molecule has 0 saturated carbocycles. The van der Waals surface area contributed by atoms with Crippen molar-refractivity contribution in [3.05, 3.63) is 30.3 Å². The number of hydrogen-bond donors (Lipinski definition) is 3. The van der Waals surface area contributed by atoms with Crippen LogP contribution in [-0.4, -0.2) is 27.9 Å². The number of nitrogens with zero attached hydrogens (tertiary/aromatic N) is 1. The number of hydrazone groups is 1. The van der Waals surface area contributed by atoms with Gasteiger partial charge in [0, 0.05) is 0 Å². The molecule has 0 bridgehead atoms. The van der Waals surface area contributed by atoms with E-state index < -0.39 is 17.7 Å². The molecule has 0 fully saturated rings. The Labute approximate surface area is 84.9 Å². The molecule has 78 valence electrons. The number of para-hydroxylation sites is 1. The Bertz CT molecular complexity index is 384. The van der Waals surface area contributed by atoms with Crippen LogP contribution in [0.3, 0.4) is 0 Å². The molecule has 1 rings (SSSR count). The lowest BCUT2D eigenvalue weighted by atomic mass is 10.3. The maximum Gasteiger partial charge on any atom is 0.364 e. The van der Waals surface area contributed by atoms with Crippen molar-refractivity contribution in [2.45, 2.75) is 0 Å². The first-order chi connectivity index (χ1) is 7.11. The van der Waals surface area contributed by atoms with E-state index in [9.17, 15) is 9.59 Å². The fourth-order valence-corrected chi connectivity index (χ4v) is 0.820. The van der Waals surface area contributed by atoms with Gasteiger partial charge in [-0.15, -0.1) is 0 Å². The van der Waals surface area contributed by atoms with Crippen LogP contribution in [0, 0.1) is 0 Å². The number of nitrogens with one attached hydrogen (secondary N) is 1. The number of benzene rings is 1. The normalized spacial score (nSPS) is 9.07. The molecular formula is C9H8N2O4. The fourth-order valence-electron chi connectivity index (χ4n) is 0.820. The van der Waals surface area contributed by atoms with Gasteiger partial charge in [0.2, 0.25) is 0 Å². The summed E-state index contributed by atoms with van der Waals surface area (Å²) in [5, 5.41) is 20.2. The van der Waals surface area contributed by atoms with Crippen LogP contribution in [0.4, 0.5) is 5.69 Å². The fraction of sp³-hybridized carbons (Fsp3) is 0. The number of aliphatic carboxylic acids is 2. The lowest BCUT2D eigenvalue weighted by Crippen LogP contribution is -2.24. The molecule has 0 saturated heterocycles. The lowest BCUT2D eigenvalue weighted by Gasteiger charge is -1.99. The van der Waals surface area contributed by atoms with Crippen LogP contribution in [0.2, 0.25) is 0 Å². The highest BCUT2D eigenvalue weighted by atomic mass is 16.4. The van der Waals surface area contributed by atoms with Gasteiger partial charge in [-0.2, -0.15) is 5.10 Å². The quantitative estimate of drug-likeness (QED) is 0.382. The lowest BCUT2D eigenvalue weighted by molar-refractivity contribution is -0.134. The number of carbonyl (C=O) groups is 2. The van der Waals surface area contributed by atoms with Crippen molar-refractivity contribution in [2.75, 3.05) is 5.43 Å². The second-order valence-corrected chi connectivity index (χ2v) is 2.55. The maximum atomic E-state index is 10.4. The van der Waals surface area contributed by atoms with Gasteiger partial charge in [0.1, 0.15) is 0 Å². The zero-order valence-electron chi connectivity index (χ0n) is 7.54. The minimum absolute atomic E-state index is 0.512. The Morgan fingerprint density at radius 2 is 1.60 bits per heavy atom. The molecule has 15 heavy (non-hydrogen) atoms. The van der Waals surface area contributed by atoms with Crippen molar-refractivity contribution in [3.8, 4) is 0 Å². The summed E-state index contributed by atoms with van der Waals surface area (Å²) in [5.41, 5.74) is 1.89. The van der Waals surface area contributed by atoms with Crippen LogP contribution in [0.1, 0.15) is 0 Å². The van der Waals surface area contributed by atoms with Gasteiger partial charge in [-0.25, -0.2) is 9.59 Å². The highest BCUT2D eigenvalue weighted by Crippen LogP contribution is 2.04. The van der Waals surface area contributed by atoms with Gasteiger partial charge in [0.05, 0.1) is 5.69 Å². The minimum Gasteiger partial charge on any atom is -0.476 e. The molecule has 0 amide bonds. The topological polar surface area (TPSA) is 99.0 Å². The SMILES string of the molecule is O=C(O)C(=NNc1ccccc1)C(=O)O. The number of carboxylic acid groups (broad SMARTS) is 2. The molecule has 6 nitrogen and oxygen atoms in total. The van der Waals surface area contributed by atoms with Crippen LogP contribution < -0.4 is 5.43 Å². The number of hydrogen-bond acceptors (Lipinski definition) is 4. The summed E-state index contributed by atoms with van der Waals surface area (Å²) in [6.07, 6.45) is 0. The maximum absolute atomic E-state index is 10.4. The van der Waals surface area contributed by atoms with Crippen molar-refractivity contribution in [2.24, 2.45) is 5.10 Å². The van der Waals surface area contributed by atoms with Crippen LogP contribution >= 0.6 is 0 Å². The Morgan fingerprint density at radius 1 is 1.07 bits per heavy atom. The monoisotopic (exact) mass is 208 g/mol. The zero-order chi connectivity index (χ0) is 11.3. The van der Waals surface area contributed by atoms with E-state index in [1.54, 1.807) is 30.3 Å². The van der Waals surface area contributed by atoms with Crippen LogP contribution in [0.25, 0.3) is 0 Å². The standard InChI is InChI=1S/C9H8N2O4/c12-8(13)7(9(14)15)11-10-6-4-2-1-3-5-6/h1-5,10H,(H,12,13)(H,14,15). The van der Waals surface area contributed by atoms with Crippen molar-refractivity contribution in [1.82, 2.24) is 0 Å². The number of anilines is 1. The second-order valence-electron chi connectivity index (χ2n) is 2.55. The summed E-state index contributed by atoms with van der Waals surface area (Å²) in [7, 11) is 0. The van der Waals surface area contributed by atoms with E-state index in [0.717, 1.165) is 0 Å². The van der Waals surface area contributed by atoms with E-state index in [1.165, 1.54) is 0 Å². The van der Waals surface area contributed by atoms with Crippen molar-refractivity contribution in [3.63, 3.8) is 0 Å². The Balaban J connectivity index is 2.79. The molecule has 1 aromatic rings. The molecule has 0 radical (unpaired) electrons. The molecule has 1 aromatic carbocycles. The molecule has 0 aliphatic heterocycles. The molecular weight excluding hydrogens is 200 g/mol. The highest BCUT2D eigenvalue weighted by Gasteiger charge is 2.18. The van der Waals surface area contributed by atoms with E-state index in [0.29, 0.717) is 5.69 Å². The molecule has 0 aliphatic rings. The second kappa shape index (κ2) is 4.75. The molecule has 3 N–H and O–H groups in total. The van der Waals surface area contributed by atoms with Crippen molar-refractivity contribution in [1.29, 1.82) is 0 Å². The summed E-state index contributed by atoms with van der Waals surface area (Å²) in [6.45, 7) is 0. The Morgan fingerprint density at radius 3 is 2.07 bits per heavy atom. The molecule has 0 aliphatic carbocycles. The van der Waals surface area contributed by atoms with Gasteiger partial charge in [0.25, 0.3) is 5.71 Å². The van der Waals surface area contributed by atoms with Crippen LogP contribution in [0.15, 0.2) is 35.4 Å². The van der Waals surface area contributed by atoms with Gasteiger partial charge in [-0.1, -0.05) is 18.2 Å². The van der Waals surface area contributed by atoms with Gasteiger partial charge in [-0.05, 0) is 12.1 Å². The van der Waals surface area contributed by atoms with E-state index in [4.69, 9.17) is 10.2 Å². The number of rotatable bonds is 4. The highest BCUT2D eigenvalue weighted by molar-refractivity contribution is 6.61. The molecule has 0 unspecified atom stereocenters. The van der Waals surface area contributed by atoms with Crippen LogP contribution in [-0.2, 0) is 9.59 Å². The van der Waals surface area contributed by atoms with Gasteiger partial charge in [-0.3, -0.25) is 5.43 Å².